The summed E-state index contributed by atoms with van der Waals surface area (Å²) in [7, 11) is 0. The largest absolute Gasteiger partial charge is 0.294 e. The summed E-state index contributed by atoms with van der Waals surface area (Å²) in [4.78, 5) is 11.7. The van der Waals surface area contributed by atoms with Gasteiger partial charge >= 0.3 is 0 Å². The van der Waals surface area contributed by atoms with Gasteiger partial charge in [-0.3, -0.25) is 9.48 Å². The van der Waals surface area contributed by atoms with E-state index in [0.717, 1.165) is 23.1 Å². The molecule has 18 heavy (non-hydrogen) atoms. The fourth-order valence-corrected chi connectivity index (χ4v) is 2.52. The molecule has 0 saturated carbocycles. The molecule has 0 radical (unpaired) electrons. The SMILES string of the molecule is CC(C)n1cc(-c2cccc3c2CCC3=O)cn1. The predicted molar refractivity (Wildman–Crippen MR) is 70.7 cm³/mol. The Hall–Kier alpha value is -1.90. The van der Waals surface area contributed by atoms with Gasteiger partial charge in [-0.2, -0.15) is 5.10 Å². The molecule has 0 amide bonds. The zero-order valence-corrected chi connectivity index (χ0v) is 10.7. The fraction of sp³-hybridized carbons (Fsp3) is 0.333. The van der Waals surface area contributed by atoms with Crippen LogP contribution in [0.25, 0.3) is 11.1 Å². The number of aromatic nitrogens is 2. The number of carbonyl (C=O) groups is 1. The lowest BCUT2D eigenvalue weighted by atomic mass is 9.99. The zero-order chi connectivity index (χ0) is 12.7. The first-order valence-electron chi connectivity index (χ1n) is 6.36. The Kier molecular flexibility index (Phi) is 2.54. The number of Topliss-reactive ketones (excluding diaryl/α,β-unsaturated/α-hetero) is 1. The normalized spacial score (nSPS) is 14.3. The van der Waals surface area contributed by atoms with Crippen molar-refractivity contribution in [3.63, 3.8) is 0 Å². The molecule has 1 aliphatic rings. The Morgan fingerprint density at radius 3 is 2.72 bits per heavy atom. The van der Waals surface area contributed by atoms with E-state index < -0.39 is 0 Å². The molecule has 0 aliphatic heterocycles. The second kappa shape index (κ2) is 4.09. The quantitative estimate of drug-likeness (QED) is 0.807. The van der Waals surface area contributed by atoms with Crippen molar-refractivity contribution in [1.82, 2.24) is 9.78 Å². The van der Waals surface area contributed by atoms with Gasteiger partial charge in [0.05, 0.1) is 6.20 Å². The van der Waals surface area contributed by atoms with Crippen LogP contribution in [0.3, 0.4) is 0 Å². The third kappa shape index (κ3) is 1.67. The van der Waals surface area contributed by atoms with Crippen molar-refractivity contribution in [2.45, 2.75) is 32.7 Å². The van der Waals surface area contributed by atoms with Crippen LogP contribution in [-0.2, 0) is 6.42 Å². The lowest BCUT2D eigenvalue weighted by molar-refractivity contribution is 0.0994. The first kappa shape index (κ1) is 11.2. The van der Waals surface area contributed by atoms with Crippen molar-refractivity contribution in [2.24, 2.45) is 0 Å². The second-order valence-corrected chi connectivity index (χ2v) is 5.06. The lowest BCUT2D eigenvalue weighted by Crippen LogP contribution is -1.99. The number of nitrogens with zero attached hydrogens (tertiary/aromatic N) is 2. The zero-order valence-electron chi connectivity index (χ0n) is 10.7. The van der Waals surface area contributed by atoms with Gasteiger partial charge in [-0.05, 0) is 31.4 Å². The van der Waals surface area contributed by atoms with Gasteiger partial charge in [-0.15, -0.1) is 0 Å². The van der Waals surface area contributed by atoms with E-state index in [0.29, 0.717) is 12.5 Å². The van der Waals surface area contributed by atoms with Crippen molar-refractivity contribution in [3.05, 3.63) is 41.7 Å². The molecule has 3 nitrogen and oxygen atoms in total. The van der Waals surface area contributed by atoms with E-state index in [4.69, 9.17) is 0 Å². The molecule has 0 atom stereocenters. The van der Waals surface area contributed by atoms with E-state index in [1.807, 2.05) is 23.0 Å². The van der Waals surface area contributed by atoms with Crippen molar-refractivity contribution in [1.29, 1.82) is 0 Å². The summed E-state index contributed by atoms with van der Waals surface area (Å²) in [6.07, 6.45) is 5.45. The van der Waals surface area contributed by atoms with Crippen LogP contribution in [0.1, 0.15) is 42.2 Å². The summed E-state index contributed by atoms with van der Waals surface area (Å²) in [5, 5.41) is 4.37. The minimum atomic E-state index is 0.267. The van der Waals surface area contributed by atoms with E-state index in [1.165, 1.54) is 5.56 Å². The summed E-state index contributed by atoms with van der Waals surface area (Å²) in [5.74, 6) is 0.267. The Morgan fingerprint density at radius 2 is 2.00 bits per heavy atom. The highest BCUT2D eigenvalue weighted by Crippen LogP contribution is 2.32. The number of hydrogen-bond acceptors (Lipinski definition) is 2. The molecule has 3 heteroatoms. The van der Waals surface area contributed by atoms with Crippen molar-refractivity contribution < 1.29 is 4.79 Å². The van der Waals surface area contributed by atoms with Gasteiger partial charge in [0.15, 0.2) is 5.78 Å². The standard InChI is InChI=1S/C15H16N2O/c1-10(2)17-9-11(8-16-17)12-4-3-5-14-13(12)6-7-15(14)18/h3-5,8-10H,6-7H2,1-2H3. The Morgan fingerprint density at radius 1 is 1.22 bits per heavy atom. The van der Waals surface area contributed by atoms with Crippen LogP contribution in [0, 0.1) is 0 Å². The minimum Gasteiger partial charge on any atom is -0.294 e. The van der Waals surface area contributed by atoms with Gasteiger partial charge < -0.3 is 0 Å². The number of hydrogen-bond donors (Lipinski definition) is 0. The van der Waals surface area contributed by atoms with Crippen LogP contribution < -0.4 is 0 Å². The summed E-state index contributed by atoms with van der Waals surface area (Å²) < 4.78 is 1.95. The van der Waals surface area contributed by atoms with Crippen LogP contribution in [0.15, 0.2) is 30.6 Å². The molecule has 0 saturated heterocycles. The highest BCUT2D eigenvalue weighted by atomic mass is 16.1. The molecule has 1 aromatic heterocycles. The summed E-state index contributed by atoms with van der Waals surface area (Å²) in [5.41, 5.74) is 4.34. The highest BCUT2D eigenvalue weighted by molar-refractivity contribution is 6.02. The first-order valence-corrected chi connectivity index (χ1v) is 6.36. The lowest BCUT2D eigenvalue weighted by Gasteiger charge is -2.06. The van der Waals surface area contributed by atoms with Crippen molar-refractivity contribution in [3.8, 4) is 11.1 Å². The van der Waals surface area contributed by atoms with Gasteiger partial charge in [0.1, 0.15) is 0 Å². The summed E-state index contributed by atoms with van der Waals surface area (Å²) in [6, 6.07) is 6.33. The molecular formula is C15H16N2O. The molecule has 92 valence electrons. The van der Waals surface area contributed by atoms with E-state index >= 15 is 0 Å². The monoisotopic (exact) mass is 240 g/mol. The second-order valence-electron chi connectivity index (χ2n) is 5.06. The predicted octanol–water partition coefficient (Wildman–Crippen LogP) is 3.26. The molecule has 0 fully saturated rings. The van der Waals surface area contributed by atoms with Gasteiger partial charge in [-0.25, -0.2) is 0 Å². The molecule has 1 aliphatic carbocycles. The maximum atomic E-state index is 11.7. The van der Waals surface area contributed by atoms with Gasteiger partial charge in [0.25, 0.3) is 0 Å². The van der Waals surface area contributed by atoms with Gasteiger partial charge in [0, 0.05) is 29.8 Å². The van der Waals surface area contributed by atoms with Gasteiger partial charge in [0.2, 0.25) is 0 Å². The third-order valence-corrected chi connectivity index (χ3v) is 3.52. The minimum absolute atomic E-state index is 0.267. The molecule has 0 spiro atoms. The molecule has 1 aromatic carbocycles. The van der Waals surface area contributed by atoms with Crippen molar-refractivity contribution >= 4 is 5.78 Å². The molecule has 2 aromatic rings. The van der Waals surface area contributed by atoms with E-state index in [9.17, 15) is 4.79 Å². The topological polar surface area (TPSA) is 34.9 Å². The van der Waals surface area contributed by atoms with Crippen molar-refractivity contribution in [2.75, 3.05) is 0 Å². The van der Waals surface area contributed by atoms with E-state index in [1.54, 1.807) is 0 Å². The molecule has 0 bridgehead atoms. The van der Waals surface area contributed by atoms with Gasteiger partial charge in [-0.1, -0.05) is 18.2 Å². The maximum absolute atomic E-state index is 11.7. The number of ketones is 1. The molecular weight excluding hydrogens is 224 g/mol. The van der Waals surface area contributed by atoms with Crippen LogP contribution >= 0.6 is 0 Å². The average Bonchev–Trinajstić information content (AvgIpc) is 2.97. The number of rotatable bonds is 2. The number of carbonyl (C=O) groups excluding carboxylic acids is 1. The van der Waals surface area contributed by atoms with Crippen LogP contribution in [0.4, 0.5) is 0 Å². The fourth-order valence-electron chi connectivity index (χ4n) is 2.52. The molecule has 0 unspecified atom stereocenters. The van der Waals surface area contributed by atoms with Crippen LogP contribution in [0.5, 0.6) is 0 Å². The first-order chi connectivity index (χ1) is 8.66. The Bertz CT molecular complexity index is 611. The molecule has 1 heterocycles. The highest BCUT2D eigenvalue weighted by Gasteiger charge is 2.22. The maximum Gasteiger partial charge on any atom is 0.163 e. The third-order valence-electron chi connectivity index (χ3n) is 3.52. The molecule has 0 N–H and O–H groups in total. The Labute approximate surface area is 106 Å². The smallest absolute Gasteiger partial charge is 0.163 e. The Balaban J connectivity index is 2.09. The average molecular weight is 240 g/mol. The van der Waals surface area contributed by atoms with E-state index in [2.05, 4.69) is 31.2 Å². The summed E-state index contributed by atoms with van der Waals surface area (Å²) in [6.45, 7) is 4.21. The van der Waals surface area contributed by atoms with Crippen LogP contribution in [-0.4, -0.2) is 15.6 Å². The molecule has 3 rings (SSSR count). The van der Waals surface area contributed by atoms with Crippen LogP contribution in [0.2, 0.25) is 0 Å². The van der Waals surface area contributed by atoms with E-state index in [-0.39, 0.29) is 5.78 Å². The number of fused-ring (bicyclic) bond motifs is 1. The summed E-state index contributed by atoms with van der Waals surface area (Å²) >= 11 is 0. The number of benzene rings is 1.